The van der Waals surface area contributed by atoms with Crippen LogP contribution in [0.5, 0.6) is 0 Å². The maximum atomic E-state index is 13.5. The van der Waals surface area contributed by atoms with Crippen LogP contribution >= 0.6 is 0 Å². The number of aryl methyl sites for hydroxylation is 1. The van der Waals surface area contributed by atoms with E-state index in [2.05, 4.69) is 18.7 Å². The summed E-state index contributed by atoms with van der Waals surface area (Å²) in [7, 11) is 0. The third kappa shape index (κ3) is 2.93. The molecule has 3 heteroatoms. The lowest BCUT2D eigenvalue weighted by Crippen LogP contribution is -2.54. The number of benzene rings is 1. The molecule has 1 rings (SSSR count). The molecule has 0 radical (unpaired) electrons. The van der Waals surface area contributed by atoms with E-state index in [9.17, 15) is 9.18 Å². The Balaban J connectivity index is 3.34. The van der Waals surface area contributed by atoms with E-state index in [-0.39, 0.29) is 11.6 Å². The molecule has 0 spiro atoms. The molecule has 0 amide bonds. The molecule has 0 fully saturated rings. The van der Waals surface area contributed by atoms with Crippen LogP contribution < -0.4 is 0 Å². The van der Waals surface area contributed by atoms with Gasteiger partial charge in [-0.2, -0.15) is 0 Å². The van der Waals surface area contributed by atoms with Crippen LogP contribution in [-0.2, 0) is 0 Å². The molecule has 0 aliphatic heterocycles. The maximum Gasteiger partial charge on any atom is 0.183 e. The Morgan fingerprint density at radius 3 is 2.15 bits per heavy atom. The predicted molar refractivity (Wildman–Crippen MR) is 81.7 cm³/mol. The molecule has 1 aromatic carbocycles. The van der Waals surface area contributed by atoms with E-state index in [0.717, 1.165) is 31.5 Å². The van der Waals surface area contributed by atoms with E-state index in [1.54, 1.807) is 6.07 Å². The van der Waals surface area contributed by atoms with Gasteiger partial charge in [-0.15, -0.1) is 0 Å². The molecule has 0 aromatic heterocycles. The number of carbonyl (C=O) groups excluding carboxylic acids is 1. The topological polar surface area (TPSA) is 20.3 Å². The number of rotatable bonds is 7. The molecule has 0 heterocycles. The van der Waals surface area contributed by atoms with Crippen molar-refractivity contribution in [2.75, 3.05) is 13.1 Å². The highest BCUT2D eigenvalue weighted by Gasteiger charge is 2.40. The molecule has 112 valence electrons. The van der Waals surface area contributed by atoms with Gasteiger partial charge in [0.25, 0.3) is 0 Å². The fraction of sp³-hybridized carbons (Fsp3) is 0.588. The second-order valence-electron chi connectivity index (χ2n) is 5.20. The molecule has 0 atom stereocenters. The Labute approximate surface area is 122 Å². The number of hydrogen-bond acceptors (Lipinski definition) is 2. The molecule has 0 saturated carbocycles. The third-order valence-corrected chi connectivity index (χ3v) is 4.41. The normalized spacial score (nSPS) is 11.9. The fourth-order valence-electron chi connectivity index (χ4n) is 3.08. The molecule has 0 saturated heterocycles. The van der Waals surface area contributed by atoms with Crippen LogP contribution in [0.2, 0.25) is 0 Å². The van der Waals surface area contributed by atoms with Crippen molar-refractivity contribution >= 4 is 5.78 Å². The van der Waals surface area contributed by atoms with Crippen molar-refractivity contribution in [3.05, 3.63) is 35.1 Å². The van der Waals surface area contributed by atoms with Crippen molar-refractivity contribution in [3.8, 4) is 0 Å². The molecule has 0 unspecified atom stereocenters. The molecular weight excluding hydrogens is 253 g/mol. The van der Waals surface area contributed by atoms with Crippen molar-refractivity contribution in [2.45, 2.75) is 53.0 Å². The first-order valence-corrected chi connectivity index (χ1v) is 7.52. The van der Waals surface area contributed by atoms with Crippen LogP contribution in [0.25, 0.3) is 0 Å². The van der Waals surface area contributed by atoms with Crippen LogP contribution in [-0.4, -0.2) is 29.3 Å². The zero-order valence-electron chi connectivity index (χ0n) is 13.3. The zero-order valence-corrected chi connectivity index (χ0v) is 13.3. The minimum Gasteiger partial charge on any atom is -0.292 e. The summed E-state index contributed by atoms with van der Waals surface area (Å²) >= 11 is 0. The Morgan fingerprint density at radius 1 is 1.15 bits per heavy atom. The Hall–Kier alpha value is -1.22. The summed E-state index contributed by atoms with van der Waals surface area (Å²) in [6.07, 6.45) is 1.47. The van der Waals surface area contributed by atoms with E-state index in [1.807, 2.05) is 20.8 Å². The highest BCUT2D eigenvalue weighted by atomic mass is 19.1. The van der Waals surface area contributed by atoms with Crippen LogP contribution in [0, 0.1) is 12.7 Å². The monoisotopic (exact) mass is 279 g/mol. The fourth-order valence-corrected chi connectivity index (χ4v) is 3.08. The van der Waals surface area contributed by atoms with E-state index < -0.39 is 5.54 Å². The first-order valence-electron chi connectivity index (χ1n) is 7.52. The summed E-state index contributed by atoms with van der Waals surface area (Å²) < 4.78 is 13.5. The van der Waals surface area contributed by atoms with E-state index >= 15 is 0 Å². The summed E-state index contributed by atoms with van der Waals surface area (Å²) in [5.41, 5.74) is 0.831. The van der Waals surface area contributed by atoms with Crippen LogP contribution in [0.3, 0.4) is 0 Å². The van der Waals surface area contributed by atoms with Gasteiger partial charge in [0, 0.05) is 5.56 Å². The summed E-state index contributed by atoms with van der Waals surface area (Å²) in [6.45, 7) is 11.7. The number of hydrogen-bond donors (Lipinski definition) is 0. The van der Waals surface area contributed by atoms with Gasteiger partial charge in [0.1, 0.15) is 5.82 Å². The quantitative estimate of drug-likeness (QED) is 0.697. The molecule has 0 aliphatic rings. The summed E-state index contributed by atoms with van der Waals surface area (Å²) in [4.78, 5) is 15.2. The van der Waals surface area contributed by atoms with Crippen molar-refractivity contribution in [1.82, 2.24) is 4.90 Å². The maximum absolute atomic E-state index is 13.5. The molecule has 20 heavy (non-hydrogen) atoms. The SMILES string of the molecule is CCN(CC)C(CC)(CC)C(=O)c1cc(F)ccc1C. The van der Waals surface area contributed by atoms with Gasteiger partial charge in [-0.25, -0.2) is 4.39 Å². The molecule has 0 aliphatic carbocycles. The number of nitrogens with zero attached hydrogens (tertiary/aromatic N) is 1. The number of halogens is 1. The van der Waals surface area contributed by atoms with Crippen molar-refractivity contribution in [2.24, 2.45) is 0 Å². The summed E-state index contributed by atoms with van der Waals surface area (Å²) in [5, 5.41) is 0. The molecular formula is C17H26FNO. The van der Waals surface area contributed by atoms with Gasteiger partial charge in [0.2, 0.25) is 0 Å². The predicted octanol–water partition coefficient (Wildman–Crippen LogP) is 4.22. The first-order chi connectivity index (χ1) is 9.46. The smallest absolute Gasteiger partial charge is 0.183 e. The van der Waals surface area contributed by atoms with Gasteiger partial charge in [-0.1, -0.05) is 33.8 Å². The van der Waals surface area contributed by atoms with Gasteiger partial charge in [0.05, 0.1) is 5.54 Å². The first kappa shape index (κ1) is 16.8. The largest absolute Gasteiger partial charge is 0.292 e. The lowest BCUT2D eigenvalue weighted by Gasteiger charge is -2.41. The highest BCUT2D eigenvalue weighted by molar-refractivity contribution is 6.04. The zero-order chi connectivity index (χ0) is 15.3. The number of Topliss-reactive ketones (excluding diaryl/α,β-unsaturated/α-hetero) is 1. The van der Waals surface area contributed by atoms with Crippen LogP contribution in [0.1, 0.15) is 56.5 Å². The molecule has 0 bridgehead atoms. The van der Waals surface area contributed by atoms with Crippen LogP contribution in [0.15, 0.2) is 18.2 Å². The van der Waals surface area contributed by atoms with Gasteiger partial charge < -0.3 is 0 Å². The minimum atomic E-state index is -0.526. The van der Waals surface area contributed by atoms with Gasteiger partial charge >= 0.3 is 0 Å². The standard InChI is InChI=1S/C17H26FNO/c1-6-17(7-2,19(8-3)9-4)16(20)15-12-14(18)11-10-13(15)5/h10-12H,6-9H2,1-5H3. The van der Waals surface area contributed by atoms with Crippen molar-refractivity contribution in [3.63, 3.8) is 0 Å². The average molecular weight is 279 g/mol. The average Bonchev–Trinajstić information content (AvgIpc) is 2.46. The van der Waals surface area contributed by atoms with Gasteiger partial charge in [-0.05, 0) is 50.6 Å². The molecule has 1 aromatic rings. The van der Waals surface area contributed by atoms with Crippen molar-refractivity contribution < 1.29 is 9.18 Å². The van der Waals surface area contributed by atoms with Crippen LogP contribution in [0.4, 0.5) is 4.39 Å². The molecule has 2 nitrogen and oxygen atoms in total. The van der Waals surface area contributed by atoms with Crippen molar-refractivity contribution in [1.29, 1.82) is 0 Å². The number of carbonyl (C=O) groups is 1. The Morgan fingerprint density at radius 2 is 1.70 bits per heavy atom. The second-order valence-corrected chi connectivity index (χ2v) is 5.20. The van der Waals surface area contributed by atoms with Gasteiger partial charge in [0.15, 0.2) is 5.78 Å². The second kappa shape index (κ2) is 6.98. The van der Waals surface area contributed by atoms with E-state index in [1.165, 1.54) is 12.1 Å². The Kier molecular flexibility index (Phi) is 5.88. The minimum absolute atomic E-state index is 0.0446. The number of ketones is 1. The third-order valence-electron chi connectivity index (χ3n) is 4.41. The van der Waals surface area contributed by atoms with E-state index in [0.29, 0.717) is 5.56 Å². The summed E-state index contributed by atoms with van der Waals surface area (Å²) in [5.74, 6) is -0.303. The molecule has 0 N–H and O–H groups in total. The Bertz CT molecular complexity index is 462. The van der Waals surface area contributed by atoms with E-state index in [4.69, 9.17) is 0 Å². The van der Waals surface area contributed by atoms with Gasteiger partial charge in [-0.3, -0.25) is 9.69 Å². The lowest BCUT2D eigenvalue weighted by molar-refractivity contribution is 0.0534. The highest BCUT2D eigenvalue weighted by Crippen LogP contribution is 2.30. The summed E-state index contributed by atoms with van der Waals surface area (Å²) in [6, 6.07) is 4.46. The lowest BCUT2D eigenvalue weighted by atomic mass is 9.81. The number of likely N-dealkylation sites (N-methyl/N-ethyl adjacent to an activating group) is 1.